The van der Waals surface area contributed by atoms with E-state index in [0.29, 0.717) is 13.0 Å². The number of ether oxygens (including phenoxy) is 1. The van der Waals surface area contributed by atoms with Gasteiger partial charge in [0.15, 0.2) is 0 Å². The number of morpholine rings is 1. The maximum Gasteiger partial charge on any atom is 0.303 e. The third-order valence-electron chi connectivity index (χ3n) is 1.71. The van der Waals surface area contributed by atoms with Gasteiger partial charge in [0, 0.05) is 19.0 Å². The topological polar surface area (TPSA) is 58.6 Å². The van der Waals surface area contributed by atoms with Gasteiger partial charge in [0.2, 0.25) is 0 Å². The van der Waals surface area contributed by atoms with Crippen molar-refractivity contribution in [3.05, 3.63) is 0 Å². The van der Waals surface area contributed by atoms with Crippen LogP contribution in [-0.2, 0) is 9.53 Å². The minimum atomic E-state index is -0.739. The fourth-order valence-corrected chi connectivity index (χ4v) is 1.10. The molecule has 0 spiro atoms. The Hall–Kier alpha value is -0.320. The lowest BCUT2D eigenvalue weighted by Gasteiger charge is -2.22. The predicted octanol–water partition coefficient (Wildman–Crippen LogP) is 0.261. The van der Waals surface area contributed by atoms with Gasteiger partial charge in [-0.3, -0.25) is 4.79 Å². The Morgan fingerprint density at radius 3 is 2.92 bits per heavy atom. The molecular formula is C7H14ClNO3. The van der Waals surface area contributed by atoms with Crippen molar-refractivity contribution in [3.63, 3.8) is 0 Å². The van der Waals surface area contributed by atoms with Crippen molar-refractivity contribution >= 4 is 18.4 Å². The Labute approximate surface area is 77.7 Å². The van der Waals surface area contributed by atoms with Gasteiger partial charge in [0.1, 0.15) is 0 Å². The average Bonchev–Trinajstić information content (AvgIpc) is 2.03. The standard InChI is InChI=1S/C7H13NO3.ClH/c9-7(10)2-1-6-5-11-4-3-8-6;/h6,8H,1-5H2,(H,9,10);1H/t6-;/m0./s1. The van der Waals surface area contributed by atoms with Crippen LogP contribution in [0.25, 0.3) is 0 Å². The number of rotatable bonds is 3. The zero-order valence-corrected chi connectivity index (χ0v) is 7.60. The van der Waals surface area contributed by atoms with Crippen molar-refractivity contribution < 1.29 is 14.6 Å². The van der Waals surface area contributed by atoms with E-state index in [-0.39, 0.29) is 24.9 Å². The second-order valence-electron chi connectivity index (χ2n) is 2.66. The minimum Gasteiger partial charge on any atom is -0.481 e. The van der Waals surface area contributed by atoms with Crippen LogP contribution in [0.15, 0.2) is 0 Å². The molecule has 0 aliphatic carbocycles. The molecule has 1 rings (SSSR count). The van der Waals surface area contributed by atoms with Gasteiger partial charge < -0.3 is 15.2 Å². The molecule has 1 aliphatic heterocycles. The number of aliphatic carboxylic acids is 1. The smallest absolute Gasteiger partial charge is 0.303 e. The molecule has 1 saturated heterocycles. The molecule has 0 unspecified atom stereocenters. The van der Waals surface area contributed by atoms with Crippen LogP contribution in [0, 0.1) is 0 Å². The van der Waals surface area contributed by atoms with E-state index in [1.54, 1.807) is 0 Å². The third-order valence-corrected chi connectivity index (χ3v) is 1.71. The third kappa shape index (κ3) is 4.54. The summed E-state index contributed by atoms with van der Waals surface area (Å²) in [5.74, 6) is -0.739. The summed E-state index contributed by atoms with van der Waals surface area (Å²) in [5.41, 5.74) is 0. The van der Waals surface area contributed by atoms with Crippen LogP contribution in [-0.4, -0.2) is 36.9 Å². The first-order chi connectivity index (χ1) is 5.29. The molecule has 5 heteroatoms. The molecule has 0 amide bonds. The molecule has 0 aromatic heterocycles. The van der Waals surface area contributed by atoms with Crippen LogP contribution < -0.4 is 5.32 Å². The molecule has 1 atom stereocenters. The summed E-state index contributed by atoms with van der Waals surface area (Å²) in [4.78, 5) is 10.2. The summed E-state index contributed by atoms with van der Waals surface area (Å²) in [6, 6.07) is 0.236. The number of nitrogens with one attached hydrogen (secondary N) is 1. The number of hydrogen-bond acceptors (Lipinski definition) is 3. The average molecular weight is 196 g/mol. The molecule has 0 radical (unpaired) electrons. The lowest BCUT2D eigenvalue weighted by atomic mass is 10.1. The first-order valence-electron chi connectivity index (χ1n) is 3.82. The monoisotopic (exact) mass is 195 g/mol. The van der Waals surface area contributed by atoms with E-state index in [1.807, 2.05) is 0 Å². The maximum atomic E-state index is 10.2. The van der Waals surface area contributed by atoms with Crippen LogP contribution in [0.2, 0.25) is 0 Å². The summed E-state index contributed by atoms with van der Waals surface area (Å²) in [7, 11) is 0. The second-order valence-corrected chi connectivity index (χ2v) is 2.66. The van der Waals surface area contributed by atoms with E-state index in [4.69, 9.17) is 9.84 Å². The lowest BCUT2D eigenvalue weighted by molar-refractivity contribution is -0.137. The van der Waals surface area contributed by atoms with Crippen LogP contribution in [0.4, 0.5) is 0 Å². The number of hydrogen-bond donors (Lipinski definition) is 2. The van der Waals surface area contributed by atoms with E-state index in [0.717, 1.165) is 13.2 Å². The van der Waals surface area contributed by atoms with Crippen molar-refractivity contribution in [1.29, 1.82) is 0 Å². The molecule has 1 fully saturated rings. The minimum absolute atomic E-state index is 0. The maximum absolute atomic E-state index is 10.2. The van der Waals surface area contributed by atoms with Gasteiger partial charge >= 0.3 is 5.97 Å². The Morgan fingerprint density at radius 2 is 2.42 bits per heavy atom. The van der Waals surface area contributed by atoms with Crippen molar-refractivity contribution in [2.24, 2.45) is 0 Å². The largest absolute Gasteiger partial charge is 0.481 e. The molecule has 0 aromatic rings. The van der Waals surface area contributed by atoms with Crippen LogP contribution in [0.5, 0.6) is 0 Å². The highest BCUT2D eigenvalue weighted by molar-refractivity contribution is 5.85. The summed E-state index contributed by atoms with van der Waals surface area (Å²) >= 11 is 0. The fourth-order valence-electron chi connectivity index (χ4n) is 1.10. The number of carboxylic acids is 1. The molecule has 1 aliphatic rings. The van der Waals surface area contributed by atoms with E-state index >= 15 is 0 Å². The van der Waals surface area contributed by atoms with Crippen molar-refractivity contribution in [2.45, 2.75) is 18.9 Å². The molecule has 0 aromatic carbocycles. The second kappa shape index (κ2) is 6.22. The predicted molar refractivity (Wildman–Crippen MR) is 46.7 cm³/mol. The highest BCUT2D eigenvalue weighted by atomic mass is 35.5. The molecule has 1 heterocycles. The zero-order chi connectivity index (χ0) is 8.10. The van der Waals surface area contributed by atoms with E-state index in [2.05, 4.69) is 5.32 Å². The molecule has 12 heavy (non-hydrogen) atoms. The lowest BCUT2D eigenvalue weighted by Crippen LogP contribution is -2.41. The van der Waals surface area contributed by atoms with Crippen LogP contribution in [0.1, 0.15) is 12.8 Å². The molecule has 4 nitrogen and oxygen atoms in total. The van der Waals surface area contributed by atoms with Gasteiger partial charge in [0.25, 0.3) is 0 Å². The summed E-state index contributed by atoms with van der Waals surface area (Å²) < 4.78 is 5.16. The van der Waals surface area contributed by atoms with E-state index in [9.17, 15) is 4.79 Å². The molecule has 0 bridgehead atoms. The number of carboxylic acid groups (broad SMARTS) is 1. The van der Waals surface area contributed by atoms with Gasteiger partial charge in [-0.1, -0.05) is 0 Å². The SMILES string of the molecule is Cl.O=C(O)CC[C@H]1COCCN1. The van der Waals surface area contributed by atoms with Crippen molar-refractivity contribution in [1.82, 2.24) is 5.32 Å². The summed E-state index contributed by atoms with van der Waals surface area (Å²) in [5, 5.41) is 11.6. The highest BCUT2D eigenvalue weighted by Gasteiger charge is 2.13. The van der Waals surface area contributed by atoms with Gasteiger partial charge in [-0.05, 0) is 6.42 Å². The first kappa shape index (κ1) is 11.7. The highest BCUT2D eigenvalue weighted by Crippen LogP contribution is 2.01. The van der Waals surface area contributed by atoms with Gasteiger partial charge in [-0.25, -0.2) is 0 Å². The summed E-state index contributed by atoms with van der Waals surface area (Å²) in [6.07, 6.45) is 0.885. The summed E-state index contributed by atoms with van der Waals surface area (Å²) in [6.45, 7) is 2.22. The molecule has 0 saturated carbocycles. The van der Waals surface area contributed by atoms with Crippen LogP contribution >= 0.6 is 12.4 Å². The number of carbonyl (C=O) groups is 1. The van der Waals surface area contributed by atoms with Crippen molar-refractivity contribution in [2.75, 3.05) is 19.8 Å². The van der Waals surface area contributed by atoms with Gasteiger partial charge in [-0.15, -0.1) is 12.4 Å². The zero-order valence-electron chi connectivity index (χ0n) is 6.78. The Morgan fingerprint density at radius 1 is 1.67 bits per heavy atom. The Balaban J connectivity index is 0.00000121. The van der Waals surface area contributed by atoms with E-state index in [1.165, 1.54) is 0 Å². The molecular weight excluding hydrogens is 182 g/mol. The Bertz CT molecular complexity index is 137. The van der Waals surface area contributed by atoms with E-state index < -0.39 is 5.97 Å². The number of halogens is 1. The molecule has 2 N–H and O–H groups in total. The van der Waals surface area contributed by atoms with Gasteiger partial charge in [-0.2, -0.15) is 0 Å². The van der Waals surface area contributed by atoms with Crippen LogP contribution in [0.3, 0.4) is 0 Å². The fraction of sp³-hybridized carbons (Fsp3) is 0.857. The first-order valence-corrected chi connectivity index (χ1v) is 3.82. The normalized spacial score (nSPS) is 22.8. The van der Waals surface area contributed by atoms with Gasteiger partial charge in [0.05, 0.1) is 13.2 Å². The van der Waals surface area contributed by atoms with Crippen molar-refractivity contribution in [3.8, 4) is 0 Å². The Kier molecular flexibility index (Phi) is 6.06. The molecule has 72 valence electrons. The quantitative estimate of drug-likeness (QED) is 0.679.